The third-order valence-corrected chi connectivity index (χ3v) is 4.10. The van der Waals surface area contributed by atoms with E-state index in [1.807, 2.05) is 0 Å². The molecule has 0 spiro atoms. The quantitative estimate of drug-likeness (QED) is 0.930. The van der Waals surface area contributed by atoms with Crippen molar-refractivity contribution in [1.82, 2.24) is 14.9 Å². The molecular formula is C17H21N3O. The molecule has 1 aromatic carbocycles. The van der Waals surface area contributed by atoms with Crippen molar-refractivity contribution in [3.63, 3.8) is 0 Å². The van der Waals surface area contributed by atoms with E-state index >= 15 is 0 Å². The standard InChI is InChI=1S/C17H21N3O/c1-13-2-4-14(5-3-13)10-20-11-15(17(21)12-20)8-16-9-18-6-7-19-16/h2-7,9,15,17,21H,8,10-12H2,1H3/t15-,17-/m1/s1. The normalized spacial score (nSPS) is 22.6. The van der Waals surface area contributed by atoms with Crippen LogP contribution in [0.15, 0.2) is 42.9 Å². The van der Waals surface area contributed by atoms with E-state index in [9.17, 15) is 5.11 Å². The lowest BCUT2D eigenvalue weighted by atomic mass is 10.0. The Labute approximate surface area is 125 Å². The van der Waals surface area contributed by atoms with Crippen LogP contribution in [0.1, 0.15) is 16.8 Å². The third-order valence-electron chi connectivity index (χ3n) is 4.10. The first-order valence-corrected chi connectivity index (χ1v) is 7.41. The van der Waals surface area contributed by atoms with E-state index in [0.717, 1.165) is 31.7 Å². The summed E-state index contributed by atoms with van der Waals surface area (Å²) in [6.45, 7) is 4.64. The summed E-state index contributed by atoms with van der Waals surface area (Å²) in [5.41, 5.74) is 3.53. The molecule has 1 aliphatic rings. The summed E-state index contributed by atoms with van der Waals surface area (Å²) in [6.07, 6.45) is 5.69. The SMILES string of the molecule is Cc1ccc(CN2C[C@@H](Cc3cnccn3)[C@H](O)C2)cc1. The minimum atomic E-state index is -0.280. The Balaban J connectivity index is 1.59. The largest absolute Gasteiger partial charge is 0.391 e. The lowest BCUT2D eigenvalue weighted by Crippen LogP contribution is -2.21. The minimum absolute atomic E-state index is 0.243. The van der Waals surface area contributed by atoms with E-state index in [4.69, 9.17) is 0 Å². The fraction of sp³-hybridized carbons (Fsp3) is 0.412. The second-order valence-electron chi connectivity index (χ2n) is 5.91. The summed E-state index contributed by atoms with van der Waals surface area (Å²) in [4.78, 5) is 10.7. The van der Waals surface area contributed by atoms with E-state index in [2.05, 4.69) is 46.1 Å². The molecule has 2 aromatic rings. The van der Waals surface area contributed by atoms with Crippen molar-refractivity contribution in [2.24, 2.45) is 5.92 Å². The van der Waals surface area contributed by atoms with Crippen molar-refractivity contribution < 1.29 is 5.11 Å². The van der Waals surface area contributed by atoms with Crippen LogP contribution in [0, 0.1) is 12.8 Å². The van der Waals surface area contributed by atoms with Gasteiger partial charge in [0.15, 0.2) is 0 Å². The first-order chi connectivity index (χ1) is 10.2. The van der Waals surface area contributed by atoms with Crippen molar-refractivity contribution in [3.8, 4) is 0 Å². The van der Waals surface area contributed by atoms with Gasteiger partial charge in [0.05, 0.1) is 11.8 Å². The van der Waals surface area contributed by atoms with E-state index in [1.54, 1.807) is 18.6 Å². The number of β-amino-alcohol motifs (C(OH)–C–C–N with tert-alkyl or cyclic N) is 1. The van der Waals surface area contributed by atoms with Gasteiger partial charge in [-0.15, -0.1) is 0 Å². The molecule has 3 rings (SSSR count). The maximum Gasteiger partial charge on any atom is 0.0711 e. The highest BCUT2D eigenvalue weighted by atomic mass is 16.3. The monoisotopic (exact) mass is 283 g/mol. The number of aliphatic hydroxyl groups is 1. The summed E-state index contributed by atoms with van der Waals surface area (Å²) in [5, 5.41) is 10.3. The minimum Gasteiger partial charge on any atom is -0.391 e. The summed E-state index contributed by atoms with van der Waals surface area (Å²) >= 11 is 0. The number of likely N-dealkylation sites (tertiary alicyclic amines) is 1. The molecule has 2 heterocycles. The van der Waals surface area contributed by atoms with Gasteiger partial charge in [-0.2, -0.15) is 0 Å². The average Bonchev–Trinajstić information content (AvgIpc) is 2.82. The number of aromatic nitrogens is 2. The Bertz CT molecular complexity index is 570. The van der Waals surface area contributed by atoms with Gasteiger partial charge in [0, 0.05) is 44.1 Å². The van der Waals surface area contributed by atoms with Crippen LogP contribution in [0.4, 0.5) is 0 Å². The Morgan fingerprint density at radius 2 is 2.00 bits per heavy atom. The first-order valence-electron chi connectivity index (χ1n) is 7.41. The summed E-state index contributed by atoms with van der Waals surface area (Å²) < 4.78 is 0. The number of nitrogens with zero attached hydrogens (tertiary/aromatic N) is 3. The lowest BCUT2D eigenvalue weighted by molar-refractivity contribution is 0.140. The molecule has 0 bridgehead atoms. The van der Waals surface area contributed by atoms with Gasteiger partial charge in [0.25, 0.3) is 0 Å². The summed E-state index contributed by atoms with van der Waals surface area (Å²) in [5.74, 6) is 0.243. The molecule has 4 nitrogen and oxygen atoms in total. The van der Waals surface area contributed by atoms with Crippen LogP contribution in [0.5, 0.6) is 0 Å². The molecule has 0 amide bonds. The van der Waals surface area contributed by atoms with Crippen LogP contribution in [-0.2, 0) is 13.0 Å². The number of rotatable bonds is 4. The van der Waals surface area contributed by atoms with E-state index < -0.39 is 0 Å². The van der Waals surface area contributed by atoms with Gasteiger partial charge in [-0.1, -0.05) is 29.8 Å². The highest BCUT2D eigenvalue weighted by molar-refractivity contribution is 5.21. The highest BCUT2D eigenvalue weighted by Gasteiger charge is 2.31. The molecule has 1 saturated heterocycles. The van der Waals surface area contributed by atoms with E-state index in [-0.39, 0.29) is 12.0 Å². The second kappa shape index (κ2) is 6.33. The first kappa shape index (κ1) is 14.2. The topological polar surface area (TPSA) is 49.2 Å². The number of hydrogen-bond donors (Lipinski definition) is 1. The Morgan fingerprint density at radius 3 is 2.71 bits per heavy atom. The predicted molar refractivity (Wildman–Crippen MR) is 81.7 cm³/mol. The zero-order valence-corrected chi connectivity index (χ0v) is 12.3. The zero-order valence-electron chi connectivity index (χ0n) is 12.3. The van der Waals surface area contributed by atoms with Gasteiger partial charge in [0.2, 0.25) is 0 Å². The maximum absolute atomic E-state index is 10.3. The average molecular weight is 283 g/mol. The lowest BCUT2D eigenvalue weighted by Gasteiger charge is -2.15. The van der Waals surface area contributed by atoms with Crippen LogP contribution in [0.2, 0.25) is 0 Å². The molecule has 1 N–H and O–H groups in total. The van der Waals surface area contributed by atoms with Gasteiger partial charge >= 0.3 is 0 Å². The molecule has 1 aromatic heterocycles. The fourth-order valence-corrected chi connectivity index (χ4v) is 2.93. The van der Waals surface area contributed by atoms with E-state index in [1.165, 1.54) is 11.1 Å². The molecular weight excluding hydrogens is 262 g/mol. The van der Waals surface area contributed by atoms with Gasteiger partial charge in [-0.25, -0.2) is 0 Å². The summed E-state index contributed by atoms with van der Waals surface area (Å²) in [6, 6.07) is 8.60. The number of aryl methyl sites for hydroxylation is 1. The molecule has 4 heteroatoms. The van der Waals surface area contributed by atoms with Crippen molar-refractivity contribution >= 4 is 0 Å². The predicted octanol–water partition coefficient (Wildman–Crippen LogP) is 1.82. The molecule has 0 saturated carbocycles. The Kier molecular flexibility index (Phi) is 4.27. The molecule has 0 radical (unpaired) electrons. The van der Waals surface area contributed by atoms with Crippen molar-refractivity contribution in [2.45, 2.75) is 26.0 Å². The molecule has 1 aliphatic heterocycles. The van der Waals surface area contributed by atoms with Gasteiger partial charge in [-0.3, -0.25) is 14.9 Å². The molecule has 2 atom stereocenters. The highest BCUT2D eigenvalue weighted by Crippen LogP contribution is 2.22. The van der Waals surface area contributed by atoms with Gasteiger partial charge in [0.1, 0.15) is 0 Å². The van der Waals surface area contributed by atoms with Gasteiger partial charge < -0.3 is 5.11 Å². The molecule has 110 valence electrons. The number of hydrogen-bond acceptors (Lipinski definition) is 4. The molecule has 0 unspecified atom stereocenters. The van der Waals surface area contributed by atoms with Crippen LogP contribution in [0.25, 0.3) is 0 Å². The molecule has 0 aliphatic carbocycles. The van der Waals surface area contributed by atoms with Crippen LogP contribution in [-0.4, -0.2) is 39.2 Å². The third kappa shape index (κ3) is 3.65. The van der Waals surface area contributed by atoms with Crippen molar-refractivity contribution in [3.05, 3.63) is 59.7 Å². The Morgan fingerprint density at radius 1 is 1.19 bits per heavy atom. The van der Waals surface area contributed by atoms with Crippen LogP contribution in [0.3, 0.4) is 0 Å². The van der Waals surface area contributed by atoms with Crippen LogP contribution >= 0.6 is 0 Å². The molecule has 1 fully saturated rings. The van der Waals surface area contributed by atoms with Crippen LogP contribution < -0.4 is 0 Å². The maximum atomic E-state index is 10.3. The van der Waals surface area contributed by atoms with Gasteiger partial charge in [-0.05, 0) is 18.9 Å². The molecule has 21 heavy (non-hydrogen) atoms. The van der Waals surface area contributed by atoms with Crippen molar-refractivity contribution in [2.75, 3.05) is 13.1 Å². The smallest absolute Gasteiger partial charge is 0.0711 e. The fourth-order valence-electron chi connectivity index (χ4n) is 2.93. The van der Waals surface area contributed by atoms with E-state index in [0.29, 0.717) is 0 Å². The second-order valence-corrected chi connectivity index (χ2v) is 5.91. The Hall–Kier alpha value is -1.78. The van der Waals surface area contributed by atoms with Crippen molar-refractivity contribution in [1.29, 1.82) is 0 Å². The zero-order chi connectivity index (χ0) is 14.7. The number of benzene rings is 1. The number of aliphatic hydroxyl groups excluding tert-OH is 1. The summed E-state index contributed by atoms with van der Waals surface area (Å²) in [7, 11) is 0.